The summed E-state index contributed by atoms with van der Waals surface area (Å²) in [6.45, 7) is 8.74. The Kier molecular flexibility index (Phi) is 6.41. The van der Waals surface area contributed by atoms with E-state index in [4.69, 9.17) is 11.6 Å². The Morgan fingerprint density at radius 3 is 2.53 bits per heavy atom. The van der Waals surface area contributed by atoms with Gasteiger partial charge in [0, 0.05) is 37.3 Å². The van der Waals surface area contributed by atoms with Gasteiger partial charge in [-0.05, 0) is 20.0 Å². The van der Waals surface area contributed by atoms with Gasteiger partial charge < -0.3 is 4.90 Å². The maximum atomic E-state index is 5.86. The molecule has 0 amide bonds. The molecule has 5 heteroatoms. The van der Waals surface area contributed by atoms with Crippen LogP contribution in [0.25, 0.3) is 0 Å². The van der Waals surface area contributed by atoms with E-state index in [-0.39, 0.29) is 0 Å². The Morgan fingerprint density at radius 1 is 1.35 bits per heavy atom. The third kappa shape index (κ3) is 6.36. The summed E-state index contributed by atoms with van der Waals surface area (Å²) < 4.78 is 0.636. The third-order valence-electron chi connectivity index (χ3n) is 2.39. The van der Waals surface area contributed by atoms with Gasteiger partial charge in [0.05, 0.1) is 0 Å². The maximum absolute atomic E-state index is 5.86. The van der Waals surface area contributed by atoms with E-state index in [1.54, 1.807) is 11.3 Å². The minimum absolute atomic E-state index is 0.636. The molecule has 0 unspecified atom stereocenters. The van der Waals surface area contributed by atoms with Gasteiger partial charge in [0.25, 0.3) is 0 Å². The largest absolute Gasteiger partial charge is 0.308 e. The minimum Gasteiger partial charge on any atom is -0.308 e. The van der Waals surface area contributed by atoms with E-state index in [1.807, 2.05) is 6.20 Å². The zero-order valence-corrected chi connectivity index (χ0v) is 12.7. The van der Waals surface area contributed by atoms with E-state index < -0.39 is 0 Å². The fourth-order valence-electron chi connectivity index (χ4n) is 1.67. The maximum Gasteiger partial charge on any atom is 0.183 e. The van der Waals surface area contributed by atoms with Gasteiger partial charge in [-0.1, -0.05) is 25.4 Å². The quantitative estimate of drug-likeness (QED) is 0.763. The molecular formula is C12H22ClN3S. The van der Waals surface area contributed by atoms with E-state index in [1.165, 1.54) is 4.88 Å². The molecule has 17 heavy (non-hydrogen) atoms. The average Bonchev–Trinajstić information content (AvgIpc) is 2.59. The molecule has 0 N–H and O–H groups in total. The Balaban J connectivity index is 2.50. The second kappa shape index (κ2) is 7.31. The molecule has 3 nitrogen and oxygen atoms in total. The smallest absolute Gasteiger partial charge is 0.183 e. The van der Waals surface area contributed by atoms with Crippen molar-refractivity contribution < 1.29 is 0 Å². The van der Waals surface area contributed by atoms with E-state index >= 15 is 0 Å². The summed E-state index contributed by atoms with van der Waals surface area (Å²) in [6, 6.07) is 0. The van der Waals surface area contributed by atoms with E-state index in [9.17, 15) is 0 Å². The molecule has 1 heterocycles. The molecule has 0 saturated carbocycles. The molecule has 98 valence electrons. The first-order valence-electron chi connectivity index (χ1n) is 5.94. The lowest BCUT2D eigenvalue weighted by molar-refractivity contribution is 0.213. The van der Waals surface area contributed by atoms with Gasteiger partial charge in [-0.15, -0.1) is 11.3 Å². The third-order valence-corrected chi connectivity index (χ3v) is 3.49. The van der Waals surface area contributed by atoms with Crippen LogP contribution in [0, 0.1) is 5.92 Å². The number of hydrogen-bond acceptors (Lipinski definition) is 4. The van der Waals surface area contributed by atoms with Crippen LogP contribution in [-0.2, 0) is 6.54 Å². The van der Waals surface area contributed by atoms with Crippen LogP contribution >= 0.6 is 22.9 Å². The fourth-order valence-corrected chi connectivity index (χ4v) is 2.69. The summed E-state index contributed by atoms with van der Waals surface area (Å²) in [5.74, 6) is 0.681. The molecule has 0 radical (unpaired) electrons. The lowest BCUT2D eigenvalue weighted by atomic mass is 10.2. The van der Waals surface area contributed by atoms with E-state index in [0.717, 1.165) is 26.2 Å². The van der Waals surface area contributed by atoms with Gasteiger partial charge >= 0.3 is 0 Å². The molecule has 1 aromatic heterocycles. The molecule has 0 aliphatic carbocycles. The van der Waals surface area contributed by atoms with Gasteiger partial charge in [0.2, 0.25) is 0 Å². The van der Waals surface area contributed by atoms with Crippen molar-refractivity contribution in [1.29, 1.82) is 0 Å². The van der Waals surface area contributed by atoms with Gasteiger partial charge in [-0.3, -0.25) is 4.90 Å². The number of aromatic nitrogens is 1. The second-order valence-electron chi connectivity index (χ2n) is 5.01. The Hall–Kier alpha value is -0.160. The highest BCUT2D eigenvalue weighted by Gasteiger charge is 2.10. The summed E-state index contributed by atoms with van der Waals surface area (Å²) in [6.07, 6.45) is 1.88. The molecule has 1 aromatic rings. The standard InChI is InChI=1S/C12H22ClN3S/c1-10(2)8-16(6-5-15(3)4)9-11-7-14-12(13)17-11/h7,10H,5-6,8-9H2,1-4H3. The van der Waals surface area contributed by atoms with E-state index in [0.29, 0.717) is 10.4 Å². The number of likely N-dealkylation sites (N-methyl/N-ethyl adjacent to an activating group) is 1. The average molecular weight is 276 g/mol. The number of rotatable bonds is 7. The first kappa shape index (κ1) is 14.9. The highest BCUT2D eigenvalue weighted by atomic mass is 35.5. The predicted molar refractivity (Wildman–Crippen MR) is 75.8 cm³/mol. The molecule has 0 aliphatic heterocycles. The molecule has 0 aromatic carbocycles. The van der Waals surface area contributed by atoms with Crippen LogP contribution < -0.4 is 0 Å². The van der Waals surface area contributed by atoms with Crippen molar-refractivity contribution in [2.24, 2.45) is 5.92 Å². The lowest BCUT2D eigenvalue weighted by Crippen LogP contribution is -2.33. The lowest BCUT2D eigenvalue weighted by Gasteiger charge is -2.25. The summed E-state index contributed by atoms with van der Waals surface area (Å²) in [5.41, 5.74) is 0. The summed E-state index contributed by atoms with van der Waals surface area (Å²) in [7, 11) is 4.22. The zero-order chi connectivity index (χ0) is 12.8. The summed E-state index contributed by atoms with van der Waals surface area (Å²) >= 11 is 7.43. The highest BCUT2D eigenvalue weighted by molar-refractivity contribution is 7.15. The predicted octanol–water partition coefficient (Wildman–Crippen LogP) is 2.82. The molecule has 0 fully saturated rings. The van der Waals surface area contributed by atoms with Crippen LogP contribution in [0.4, 0.5) is 0 Å². The van der Waals surface area contributed by atoms with Crippen molar-refractivity contribution in [2.75, 3.05) is 33.7 Å². The summed E-state index contributed by atoms with van der Waals surface area (Å²) in [5, 5.41) is 0. The number of hydrogen-bond donors (Lipinski definition) is 0. The fraction of sp³-hybridized carbons (Fsp3) is 0.750. The van der Waals surface area contributed by atoms with Gasteiger partial charge in [-0.2, -0.15) is 0 Å². The topological polar surface area (TPSA) is 19.4 Å². The van der Waals surface area contributed by atoms with Crippen molar-refractivity contribution in [2.45, 2.75) is 20.4 Å². The van der Waals surface area contributed by atoms with Crippen molar-refractivity contribution in [3.8, 4) is 0 Å². The number of nitrogens with zero attached hydrogens (tertiary/aromatic N) is 3. The number of halogens is 1. The Morgan fingerprint density at radius 2 is 2.06 bits per heavy atom. The molecule has 0 atom stereocenters. The van der Waals surface area contributed by atoms with E-state index in [2.05, 4.69) is 42.7 Å². The Bertz CT molecular complexity index is 325. The van der Waals surface area contributed by atoms with Crippen LogP contribution in [0.3, 0.4) is 0 Å². The summed E-state index contributed by atoms with van der Waals surface area (Å²) in [4.78, 5) is 10.0. The van der Waals surface area contributed by atoms with Crippen molar-refractivity contribution in [3.05, 3.63) is 15.5 Å². The van der Waals surface area contributed by atoms with Crippen LogP contribution in [-0.4, -0.2) is 48.5 Å². The van der Waals surface area contributed by atoms with Crippen molar-refractivity contribution in [1.82, 2.24) is 14.8 Å². The van der Waals surface area contributed by atoms with Crippen molar-refractivity contribution in [3.63, 3.8) is 0 Å². The first-order valence-corrected chi connectivity index (χ1v) is 7.14. The molecule has 0 aliphatic rings. The molecule has 0 bridgehead atoms. The van der Waals surface area contributed by atoms with Crippen LogP contribution in [0.5, 0.6) is 0 Å². The van der Waals surface area contributed by atoms with Crippen LogP contribution in [0.15, 0.2) is 6.20 Å². The van der Waals surface area contributed by atoms with Gasteiger partial charge in [0.15, 0.2) is 4.47 Å². The van der Waals surface area contributed by atoms with Crippen LogP contribution in [0.1, 0.15) is 18.7 Å². The van der Waals surface area contributed by atoms with Gasteiger partial charge in [0.1, 0.15) is 0 Å². The van der Waals surface area contributed by atoms with Gasteiger partial charge in [-0.25, -0.2) is 4.98 Å². The first-order chi connectivity index (χ1) is 7.97. The molecule has 1 rings (SSSR count). The molecular weight excluding hydrogens is 254 g/mol. The monoisotopic (exact) mass is 275 g/mol. The Labute approximate surface area is 113 Å². The minimum atomic E-state index is 0.636. The van der Waals surface area contributed by atoms with Crippen LogP contribution in [0.2, 0.25) is 4.47 Å². The second-order valence-corrected chi connectivity index (χ2v) is 6.71. The zero-order valence-electron chi connectivity index (χ0n) is 11.1. The highest BCUT2D eigenvalue weighted by Crippen LogP contribution is 2.19. The normalized spacial score (nSPS) is 12.0. The SMILES string of the molecule is CC(C)CN(CCN(C)C)Cc1cnc(Cl)s1. The van der Waals surface area contributed by atoms with Crippen molar-refractivity contribution >= 4 is 22.9 Å². The molecule has 0 saturated heterocycles. The molecule has 0 spiro atoms. The number of thiazole rings is 1.